The predicted molar refractivity (Wildman–Crippen MR) is 80.8 cm³/mol. The van der Waals surface area contributed by atoms with Crippen LogP contribution in [0.4, 0.5) is 0 Å². The summed E-state index contributed by atoms with van der Waals surface area (Å²) in [5, 5.41) is 6.39. The fourth-order valence-corrected chi connectivity index (χ4v) is 2.56. The standard InChI is InChI=1S/C15H21BrN2O/c1-3-14(11-4-6-13(16)7-5-11)18-15(19)10(2)12-8-17-9-12/h4-7,10,12,14,17H,3,8-9H2,1-2H3,(H,18,19). The first-order chi connectivity index (χ1) is 9.11. The average Bonchev–Trinajstić information content (AvgIpc) is 2.34. The number of amides is 1. The summed E-state index contributed by atoms with van der Waals surface area (Å²) >= 11 is 3.43. The zero-order valence-corrected chi connectivity index (χ0v) is 13.0. The fourth-order valence-electron chi connectivity index (χ4n) is 2.30. The Bertz CT molecular complexity index is 428. The molecule has 0 aliphatic carbocycles. The summed E-state index contributed by atoms with van der Waals surface area (Å²) < 4.78 is 1.06. The zero-order valence-electron chi connectivity index (χ0n) is 11.4. The van der Waals surface area contributed by atoms with E-state index >= 15 is 0 Å². The SMILES string of the molecule is CCC(NC(=O)C(C)C1CNC1)c1ccc(Br)cc1. The maximum atomic E-state index is 12.2. The average molecular weight is 325 g/mol. The van der Waals surface area contributed by atoms with Crippen molar-refractivity contribution in [2.75, 3.05) is 13.1 Å². The Labute approximate surface area is 123 Å². The third-order valence-corrected chi connectivity index (χ3v) is 4.46. The normalized spacial score (nSPS) is 18.5. The van der Waals surface area contributed by atoms with E-state index in [4.69, 9.17) is 0 Å². The van der Waals surface area contributed by atoms with Gasteiger partial charge in [-0.15, -0.1) is 0 Å². The van der Waals surface area contributed by atoms with E-state index in [9.17, 15) is 4.79 Å². The molecule has 2 unspecified atom stereocenters. The summed E-state index contributed by atoms with van der Waals surface area (Å²) in [7, 11) is 0. The molecule has 0 saturated carbocycles. The molecule has 1 aromatic carbocycles. The molecule has 1 saturated heterocycles. The number of hydrogen-bond donors (Lipinski definition) is 2. The second kappa shape index (κ2) is 6.53. The lowest BCUT2D eigenvalue weighted by Gasteiger charge is -2.32. The smallest absolute Gasteiger partial charge is 0.223 e. The topological polar surface area (TPSA) is 41.1 Å². The van der Waals surface area contributed by atoms with Gasteiger partial charge in [0.05, 0.1) is 6.04 Å². The van der Waals surface area contributed by atoms with Crippen LogP contribution in [0.2, 0.25) is 0 Å². The molecule has 1 fully saturated rings. The monoisotopic (exact) mass is 324 g/mol. The van der Waals surface area contributed by atoms with Gasteiger partial charge in [0.2, 0.25) is 5.91 Å². The fraction of sp³-hybridized carbons (Fsp3) is 0.533. The van der Waals surface area contributed by atoms with E-state index in [0.29, 0.717) is 5.92 Å². The lowest BCUT2D eigenvalue weighted by Crippen LogP contribution is -2.50. The zero-order chi connectivity index (χ0) is 13.8. The van der Waals surface area contributed by atoms with Crippen LogP contribution in [0.5, 0.6) is 0 Å². The molecule has 1 heterocycles. The highest BCUT2D eigenvalue weighted by Gasteiger charge is 2.29. The van der Waals surface area contributed by atoms with Gasteiger partial charge >= 0.3 is 0 Å². The van der Waals surface area contributed by atoms with Gasteiger partial charge in [-0.3, -0.25) is 4.79 Å². The molecule has 1 aliphatic rings. The highest BCUT2D eigenvalue weighted by Crippen LogP contribution is 2.22. The summed E-state index contributed by atoms with van der Waals surface area (Å²) in [5.74, 6) is 0.745. The van der Waals surface area contributed by atoms with Gasteiger partial charge in [0, 0.05) is 10.4 Å². The minimum atomic E-state index is 0.0887. The summed E-state index contributed by atoms with van der Waals surface area (Å²) in [6.45, 7) is 6.05. The quantitative estimate of drug-likeness (QED) is 0.874. The van der Waals surface area contributed by atoms with E-state index in [1.165, 1.54) is 0 Å². The van der Waals surface area contributed by atoms with Crippen molar-refractivity contribution in [3.63, 3.8) is 0 Å². The number of halogens is 1. The Balaban J connectivity index is 1.98. The van der Waals surface area contributed by atoms with Crippen LogP contribution in [-0.2, 0) is 4.79 Å². The molecule has 4 heteroatoms. The van der Waals surface area contributed by atoms with Gasteiger partial charge in [-0.2, -0.15) is 0 Å². The van der Waals surface area contributed by atoms with Gasteiger partial charge in [0.15, 0.2) is 0 Å². The summed E-state index contributed by atoms with van der Waals surface area (Å²) in [6.07, 6.45) is 0.906. The van der Waals surface area contributed by atoms with Crippen molar-refractivity contribution >= 4 is 21.8 Å². The molecule has 1 aliphatic heterocycles. The maximum Gasteiger partial charge on any atom is 0.223 e. The molecule has 2 rings (SSSR count). The Morgan fingerprint density at radius 1 is 1.42 bits per heavy atom. The minimum absolute atomic E-state index is 0.0887. The molecule has 0 spiro atoms. The Kier molecular flexibility index (Phi) is 4.99. The van der Waals surface area contributed by atoms with Crippen LogP contribution in [0.1, 0.15) is 31.9 Å². The molecule has 0 radical (unpaired) electrons. The van der Waals surface area contributed by atoms with Crippen LogP contribution in [0, 0.1) is 11.8 Å². The van der Waals surface area contributed by atoms with Crippen molar-refractivity contribution in [2.45, 2.75) is 26.3 Å². The van der Waals surface area contributed by atoms with E-state index in [1.807, 2.05) is 19.1 Å². The number of hydrogen-bond acceptors (Lipinski definition) is 2. The van der Waals surface area contributed by atoms with E-state index in [2.05, 4.69) is 45.6 Å². The van der Waals surface area contributed by atoms with Gasteiger partial charge in [-0.1, -0.05) is 41.9 Å². The first-order valence-electron chi connectivity index (χ1n) is 6.88. The molecule has 0 bridgehead atoms. The third kappa shape index (κ3) is 3.57. The van der Waals surface area contributed by atoms with Crippen LogP contribution in [-0.4, -0.2) is 19.0 Å². The number of carbonyl (C=O) groups excluding carboxylic acids is 1. The molecule has 19 heavy (non-hydrogen) atoms. The van der Waals surface area contributed by atoms with E-state index < -0.39 is 0 Å². The van der Waals surface area contributed by atoms with Gasteiger partial charge < -0.3 is 10.6 Å². The van der Waals surface area contributed by atoms with Crippen molar-refractivity contribution in [2.24, 2.45) is 11.8 Å². The highest BCUT2D eigenvalue weighted by atomic mass is 79.9. The van der Waals surface area contributed by atoms with Gasteiger partial charge in [-0.05, 0) is 43.1 Å². The molecular weight excluding hydrogens is 304 g/mol. The number of carbonyl (C=O) groups is 1. The highest BCUT2D eigenvalue weighted by molar-refractivity contribution is 9.10. The van der Waals surface area contributed by atoms with E-state index in [-0.39, 0.29) is 17.9 Å². The molecule has 0 aromatic heterocycles. The van der Waals surface area contributed by atoms with Gasteiger partial charge in [0.1, 0.15) is 0 Å². The molecule has 2 atom stereocenters. The van der Waals surface area contributed by atoms with Crippen molar-refractivity contribution < 1.29 is 4.79 Å². The molecule has 104 valence electrons. The van der Waals surface area contributed by atoms with Crippen LogP contribution in [0.3, 0.4) is 0 Å². The van der Waals surface area contributed by atoms with Gasteiger partial charge in [0.25, 0.3) is 0 Å². The van der Waals surface area contributed by atoms with Crippen molar-refractivity contribution in [3.8, 4) is 0 Å². The Morgan fingerprint density at radius 3 is 2.53 bits per heavy atom. The minimum Gasteiger partial charge on any atom is -0.349 e. The number of benzene rings is 1. The predicted octanol–water partition coefficient (Wildman–Crippen LogP) is 2.87. The van der Waals surface area contributed by atoms with Crippen molar-refractivity contribution in [1.82, 2.24) is 10.6 Å². The molecule has 1 aromatic rings. The summed E-state index contributed by atoms with van der Waals surface area (Å²) in [5.41, 5.74) is 1.16. The lowest BCUT2D eigenvalue weighted by atomic mass is 9.88. The van der Waals surface area contributed by atoms with Crippen LogP contribution in [0.15, 0.2) is 28.7 Å². The maximum absolute atomic E-state index is 12.2. The summed E-state index contributed by atoms with van der Waals surface area (Å²) in [4.78, 5) is 12.2. The largest absolute Gasteiger partial charge is 0.349 e. The second-order valence-electron chi connectivity index (χ2n) is 5.23. The molecular formula is C15H21BrN2O. The number of nitrogens with one attached hydrogen (secondary N) is 2. The third-order valence-electron chi connectivity index (χ3n) is 3.93. The number of rotatable bonds is 5. The molecule has 1 amide bonds. The van der Waals surface area contributed by atoms with E-state index in [0.717, 1.165) is 29.5 Å². The van der Waals surface area contributed by atoms with Gasteiger partial charge in [-0.25, -0.2) is 0 Å². The first kappa shape index (κ1) is 14.5. The van der Waals surface area contributed by atoms with Crippen LogP contribution < -0.4 is 10.6 Å². The van der Waals surface area contributed by atoms with E-state index in [1.54, 1.807) is 0 Å². The summed E-state index contributed by atoms with van der Waals surface area (Å²) in [6, 6.07) is 8.27. The van der Waals surface area contributed by atoms with Crippen molar-refractivity contribution in [3.05, 3.63) is 34.3 Å². The first-order valence-corrected chi connectivity index (χ1v) is 7.67. The molecule has 2 N–H and O–H groups in total. The van der Waals surface area contributed by atoms with Crippen molar-refractivity contribution in [1.29, 1.82) is 0 Å². The van der Waals surface area contributed by atoms with Crippen LogP contribution >= 0.6 is 15.9 Å². The Hall–Kier alpha value is -0.870. The Morgan fingerprint density at radius 2 is 2.05 bits per heavy atom. The van der Waals surface area contributed by atoms with Crippen LogP contribution in [0.25, 0.3) is 0 Å². The lowest BCUT2D eigenvalue weighted by molar-refractivity contribution is -0.127. The molecule has 3 nitrogen and oxygen atoms in total. The second-order valence-corrected chi connectivity index (χ2v) is 6.14.